The van der Waals surface area contributed by atoms with Gasteiger partial charge in [0.05, 0.1) is 0 Å². The molecule has 4 nitrogen and oxygen atoms in total. The second-order valence-electron chi connectivity index (χ2n) is 7.02. The maximum Gasteiger partial charge on any atom is 0.326 e. The molecule has 2 N–H and O–H groups in total. The van der Waals surface area contributed by atoms with E-state index in [2.05, 4.69) is 26.1 Å². The summed E-state index contributed by atoms with van der Waals surface area (Å²) in [7, 11) is 0. The zero-order valence-electron chi connectivity index (χ0n) is 14.5. The molecule has 1 atom stereocenters. The topological polar surface area (TPSA) is 66.4 Å². The second-order valence-corrected chi connectivity index (χ2v) is 7.02. The number of carboxylic acid groups (broad SMARTS) is 1. The van der Waals surface area contributed by atoms with Crippen molar-refractivity contribution in [2.75, 3.05) is 0 Å². The molecular formula is C20H22FNO3. The van der Waals surface area contributed by atoms with Crippen LogP contribution >= 0.6 is 0 Å². The number of hydrogen-bond acceptors (Lipinski definition) is 2. The van der Waals surface area contributed by atoms with Crippen molar-refractivity contribution in [3.63, 3.8) is 0 Å². The number of rotatable bonds is 5. The van der Waals surface area contributed by atoms with Crippen LogP contribution in [0.1, 0.15) is 42.3 Å². The zero-order valence-corrected chi connectivity index (χ0v) is 14.5. The minimum absolute atomic E-state index is 0.0154. The Hall–Kier alpha value is -2.69. The van der Waals surface area contributed by atoms with Gasteiger partial charge in [-0.2, -0.15) is 0 Å². The smallest absolute Gasteiger partial charge is 0.326 e. The van der Waals surface area contributed by atoms with Crippen molar-refractivity contribution < 1.29 is 19.1 Å². The van der Waals surface area contributed by atoms with Gasteiger partial charge < -0.3 is 10.4 Å². The van der Waals surface area contributed by atoms with Crippen LogP contribution in [-0.2, 0) is 16.6 Å². The first kappa shape index (κ1) is 18.6. The first-order valence-electron chi connectivity index (χ1n) is 8.05. The van der Waals surface area contributed by atoms with Crippen LogP contribution < -0.4 is 5.32 Å². The predicted octanol–water partition coefficient (Wildman–Crippen LogP) is 3.55. The quantitative estimate of drug-likeness (QED) is 0.872. The van der Waals surface area contributed by atoms with Gasteiger partial charge in [-0.1, -0.05) is 45.0 Å². The lowest BCUT2D eigenvalue weighted by molar-refractivity contribution is -0.139. The van der Waals surface area contributed by atoms with Crippen LogP contribution in [0.3, 0.4) is 0 Å². The molecule has 132 valence electrons. The summed E-state index contributed by atoms with van der Waals surface area (Å²) < 4.78 is 12.9. The highest BCUT2D eigenvalue weighted by Gasteiger charge is 2.21. The summed E-state index contributed by atoms with van der Waals surface area (Å²) in [5.74, 6) is -2.11. The van der Waals surface area contributed by atoms with E-state index in [1.54, 1.807) is 0 Å². The molecule has 0 aromatic heterocycles. The lowest BCUT2D eigenvalue weighted by Gasteiger charge is -2.20. The van der Waals surface area contributed by atoms with Crippen LogP contribution in [0.25, 0.3) is 0 Å². The van der Waals surface area contributed by atoms with Crippen molar-refractivity contribution in [2.24, 2.45) is 0 Å². The molecular weight excluding hydrogens is 321 g/mol. The summed E-state index contributed by atoms with van der Waals surface area (Å²) in [5.41, 5.74) is 2.20. The van der Waals surface area contributed by atoms with E-state index in [1.165, 1.54) is 12.1 Å². The zero-order chi connectivity index (χ0) is 18.6. The number of aliphatic carboxylic acids is 1. The maximum absolute atomic E-state index is 12.9. The van der Waals surface area contributed by atoms with Gasteiger partial charge in [-0.05, 0) is 40.8 Å². The summed E-state index contributed by atoms with van der Waals surface area (Å²) in [6, 6.07) is 11.6. The van der Waals surface area contributed by atoms with Gasteiger partial charge in [-0.3, -0.25) is 4.79 Å². The third kappa shape index (κ3) is 5.14. The van der Waals surface area contributed by atoms with Crippen LogP contribution in [-0.4, -0.2) is 23.0 Å². The van der Waals surface area contributed by atoms with Crippen LogP contribution in [0.2, 0.25) is 0 Å². The van der Waals surface area contributed by atoms with Crippen LogP contribution in [0, 0.1) is 5.82 Å². The lowest BCUT2D eigenvalue weighted by Crippen LogP contribution is -2.42. The number of benzene rings is 2. The molecule has 0 spiro atoms. The highest BCUT2D eigenvalue weighted by molar-refractivity contribution is 5.96. The van der Waals surface area contributed by atoms with E-state index in [-0.39, 0.29) is 17.4 Å². The maximum atomic E-state index is 12.9. The normalized spacial score (nSPS) is 12.5. The first-order chi connectivity index (χ1) is 11.7. The largest absolute Gasteiger partial charge is 0.480 e. The minimum atomic E-state index is -1.12. The third-order valence-corrected chi connectivity index (χ3v) is 3.97. The fourth-order valence-corrected chi connectivity index (χ4v) is 2.42. The van der Waals surface area contributed by atoms with Crippen molar-refractivity contribution >= 4 is 11.9 Å². The number of amides is 1. The molecule has 0 aliphatic heterocycles. The Bertz CT molecular complexity index is 746. The van der Waals surface area contributed by atoms with Crippen molar-refractivity contribution in [1.29, 1.82) is 0 Å². The van der Waals surface area contributed by atoms with Gasteiger partial charge in [0.15, 0.2) is 0 Å². The molecule has 0 saturated heterocycles. The van der Waals surface area contributed by atoms with Crippen LogP contribution in [0.5, 0.6) is 0 Å². The highest BCUT2D eigenvalue weighted by atomic mass is 19.1. The van der Waals surface area contributed by atoms with Gasteiger partial charge in [-0.15, -0.1) is 0 Å². The Morgan fingerprint density at radius 2 is 1.60 bits per heavy atom. The van der Waals surface area contributed by atoms with E-state index in [0.29, 0.717) is 0 Å². The number of carbonyl (C=O) groups excluding carboxylic acids is 1. The molecule has 0 unspecified atom stereocenters. The van der Waals surface area contributed by atoms with Crippen molar-refractivity contribution in [3.05, 3.63) is 71.0 Å². The highest BCUT2D eigenvalue weighted by Crippen LogP contribution is 2.22. The number of nitrogens with one attached hydrogen (secondary N) is 1. The monoisotopic (exact) mass is 343 g/mol. The summed E-state index contributed by atoms with van der Waals surface area (Å²) in [6.45, 7) is 6.31. The molecule has 5 heteroatoms. The number of halogens is 1. The van der Waals surface area contributed by atoms with E-state index < -0.39 is 23.7 Å². The average Bonchev–Trinajstić information content (AvgIpc) is 2.54. The molecule has 0 aliphatic rings. The Labute approximate surface area is 146 Å². The fourth-order valence-electron chi connectivity index (χ4n) is 2.42. The average molecular weight is 343 g/mol. The van der Waals surface area contributed by atoms with Crippen LogP contribution in [0.15, 0.2) is 48.5 Å². The van der Waals surface area contributed by atoms with Gasteiger partial charge in [0.2, 0.25) is 0 Å². The Morgan fingerprint density at radius 3 is 2.08 bits per heavy atom. The van der Waals surface area contributed by atoms with Gasteiger partial charge in [0.1, 0.15) is 11.9 Å². The summed E-state index contributed by atoms with van der Waals surface area (Å²) in [6.07, 6.45) is 0.173. The molecule has 0 radical (unpaired) electrons. The lowest BCUT2D eigenvalue weighted by atomic mass is 9.86. The van der Waals surface area contributed by atoms with Crippen LogP contribution in [0.4, 0.5) is 4.39 Å². The molecule has 0 aliphatic carbocycles. The molecule has 0 saturated carbocycles. The Morgan fingerprint density at radius 1 is 1.04 bits per heavy atom. The van der Waals surface area contributed by atoms with Gasteiger partial charge in [-0.25, -0.2) is 9.18 Å². The second kappa shape index (κ2) is 7.47. The van der Waals surface area contributed by atoms with Gasteiger partial charge >= 0.3 is 5.97 Å². The van der Waals surface area contributed by atoms with Crippen molar-refractivity contribution in [3.8, 4) is 0 Å². The molecule has 2 rings (SSSR count). The first-order valence-corrected chi connectivity index (χ1v) is 8.05. The number of hydrogen-bond donors (Lipinski definition) is 2. The number of carboxylic acids is 1. The number of carbonyl (C=O) groups is 2. The van der Waals surface area contributed by atoms with Crippen molar-refractivity contribution in [1.82, 2.24) is 5.32 Å². The molecule has 25 heavy (non-hydrogen) atoms. The third-order valence-electron chi connectivity index (χ3n) is 3.97. The van der Waals surface area contributed by atoms with E-state index in [0.717, 1.165) is 23.3 Å². The van der Waals surface area contributed by atoms with E-state index >= 15 is 0 Å². The molecule has 1 amide bonds. The fraction of sp³-hybridized carbons (Fsp3) is 0.300. The van der Waals surface area contributed by atoms with Gasteiger partial charge in [0, 0.05) is 12.0 Å². The van der Waals surface area contributed by atoms with Gasteiger partial charge in [0.25, 0.3) is 5.91 Å². The summed E-state index contributed by atoms with van der Waals surface area (Å²) >= 11 is 0. The Balaban J connectivity index is 2.09. The summed E-state index contributed by atoms with van der Waals surface area (Å²) in [4.78, 5) is 23.6. The molecule has 2 aromatic rings. The minimum Gasteiger partial charge on any atom is -0.480 e. The summed E-state index contributed by atoms with van der Waals surface area (Å²) in [5, 5.41) is 11.9. The molecule has 2 aromatic carbocycles. The molecule has 0 fully saturated rings. The molecule has 0 bridgehead atoms. The van der Waals surface area contributed by atoms with E-state index in [4.69, 9.17) is 0 Å². The van der Waals surface area contributed by atoms with E-state index in [9.17, 15) is 19.1 Å². The Kier molecular flexibility index (Phi) is 5.57. The standard InChI is InChI=1S/C20H22FNO3/c1-20(2,3)15-8-4-13(5-9-15)12-17(19(24)25)22-18(23)14-6-10-16(21)11-7-14/h4-11,17H,12H2,1-3H3,(H,22,23)(H,24,25)/t17-/m0/s1. The SMILES string of the molecule is CC(C)(C)c1ccc(C[C@H](NC(=O)c2ccc(F)cc2)C(=O)O)cc1. The van der Waals surface area contributed by atoms with Crippen molar-refractivity contribution in [2.45, 2.75) is 38.6 Å². The van der Waals surface area contributed by atoms with E-state index in [1.807, 2.05) is 24.3 Å². The predicted molar refractivity (Wildman–Crippen MR) is 94.1 cm³/mol. The molecule has 0 heterocycles.